The summed E-state index contributed by atoms with van der Waals surface area (Å²) < 4.78 is 2.38. The zero-order chi connectivity index (χ0) is 14.4. The SMILES string of the molecule is C/C=C1/c2ccccc2CCc2c1c1ccccc1n2C. The van der Waals surface area contributed by atoms with Crippen LogP contribution >= 0.6 is 0 Å². The monoisotopic (exact) mass is 273 g/mol. The predicted octanol–water partition coefficient (Wildman–Crippen LogP) is 4.73. The standard InChI is InChI=1S/C20H19N/c1-3-15-16-9-5-4-8-14(16)12-13-19-20(15)17-10-6-7-11-18(17)21(19)2/h3-11H,12-13H2,1-2H3/b15-3-. The third-order valence-electron chi connectivity index (χ3n) is 4.72. The van der Waals surface area contributed by atoms with E-state index in [0.29, 0.717) is 0 Å². The highest BCUT2D eigenvalue weighted by Gasteiger charge is 2.23. The van der Waals surface area contributed by atoms with Crippen molar-refractivity contribution in [3.05, 3.63) is 77.0 Å². The van der Waals surface area contributed by atoms with Gasteiger partial charge in [0.15, 0.2) is 0 Å². The highest BCUT2D eigenvalue weighted by Crippen LogP contribution is 2.39. The Kier molecular flexibility index (Phi) is 2.75. The van der Waals surface area contributed by atoms with Gasteiger partial charge in [0.2, 0.25) is 0 Å². The summed E-state index contributed by atoms with van der Waals surface area (Å²) in [5.74, 6) is 0. The molecule has 1 nitrogen and oxygen atoms in total. The first kappa shape index (κ1) is 12.5. The lowest BCUT2D eigenvalue weighted by molar-refractivity contribution is 0.822. The fourth-order valence-electron chi connectivity index (χ4n) is 3.73. The molecule has 0 spiro atoms. The van der Waals surface area contributed by atoms with Crippen LogP contribution in [0.25, 0.3) is 16.5 Å². The molecule has 0 bridgehead atoms. The van der Waals surface area contributed by atoms with Gasteiger partial charge in [-0.15, -0.1) is 0 Å². The molecule has 104 valence electrons. The Hall–Kier alpha value is -2.28. The third kappa shape index (κ3) is 1.70. The first-order valence-electron chi connectivity index (χ1n) is 7.62. The normalized spacial score (nSPS) is 15.8. The highest BCUT2D eigenvalue weighted by molar-refractivity contribution is 5.99. The van der Waals surface area contributed by atoms with E-state index in [4.69, 9.17) is 0 Å². The van der Waals surface area contributed by atoms with Gasteiger partial charge in [0.05, 0.1) is 0 Å². The van der Waals surface area contributed by atoms with Crippen LogP contribution < -0.4 is 0 Å². The quantitative estimate of drug-likeness (QED) is 0.558. The second-order valence-electron chi connectivity index (χ2n) is 5.76. The van der Waals surface area contributed by atoms with E-state index in [1.165, 1.54) is 38.9 Å². The number of aromatic nitrogens is 1. The third-order valence-corrected chi connectivity index (χ3v) is 4.72. The van der Waals surface area contributed by atoms with Crippen LogP contribution in [0.1, 0.15) is 29.3 Å². The van der Waals surface area contributed by atoms with Crippen molar-refractivity contribution in [3.8, 4) is 0 Å². The zero-order valence-electron chi connectivity index (χ0n) is 12.6. The second kappa shape index (κ2) is 4.63. The summed E-state index contributed by atoms with van der Waals surface area (Å²) in [6.45, 7) is 2.16. The van der Waals surface area contributed by atoms with E-state index in [0.717, 1.165) is 12.8 Å². The number of hydrogen-bond acceptors (Lipinski definition) is 0. The maximum absolute atomic E-state index is 2.38. The number of hydrogen-bond donors (Lipinski definition) is 0. The Balaban J connectivity index is 2.12. The summed E-state index contributed by atoms with van der Waals surface area (Å²) in [6.07, 6.45) is 4.50. The number of para-hydroxylation sites is 1. The van der Waals surface area contributed by atoms with Crippen molar-refractivity contribution >= 4 is 16.5 Å². The molecule has 2 aromatic carbocycles. The van der Waals surface area contributed by atoms with E-state index in [2.05, 4.69) is 73.1 Å². The molecule has 1 aliphatic carbocycles. The molecule has 0 saturated carbocycles. The molecule has 0 fully saturated rings. The van der Waals surface area contributed by atoms with Crippen LogP contribution in [-0.4, -0.2) is 4.57 Å². The number of benzene rings is 2. The molecular weight excluding hydrogens is 254 g/mol. The maximum Gasteiger partial charge on any atom is 0.0486 e. The Labute approximate surface area is 125 Å². The number of aryl methyl sites for hydroxylation is 2. The van der Waals surface area contributed by atoms with Gasteiger partial charge in [-0.05, 0) is 42.5 Å². The topological polar surface area (TPSA) is 4.93 Å². The predicted molar refractivity (Wildman–Crippen MR) is 89.5 cm³/mol. The van der Waals surface area contributed by atoms with Gasteiger partial charge in [-0.25, -0.2) is 0 Å². The molecule has 0 atom stereocenters. The van der Waals surface area contributed by atoms with Crippen LogP contribution in [-0.2, 0) is 19.9 Å². The molecule has 0 amide bonds. The van der Waals surface area contributed by atoms with Gasteiger partial charge < -0.3 is 4.57 Å². The molecule has 0 N–H and O–H groups in total. The van der Waals surface area contributed by atoms with Crippen LogP contribution in [0.3, 0.4) is 0 Å². The van der Waals surface area contributed by atoms with Crippen molar-refractivity contribution in [1.82, 2.24) is 4.57 Å². The van der Waals surface area contributed by atoms with E-state index < -0.39 is 0 Å². The summed E-state index contributed by atoms with van der Waals surface area (Å²) >= 11 is 0. The molecule has 1 aliphatic rings. The molecule has 0 saturated heterocycles. The molecule has 1 aromatic heterocycles. The van der Waals surface area contributed by atoms with Crippen LogP contribution in [0.15, 0.2) is 54.6 Å². The lowest BCUT2D eigenvalue weighted by Crippen LogP contribution is -1.98. The van der Waals surface area contributed by atoms with Crippen molar-refractivity contribution in [2.24, 2.45) is 7.05 Å². The molecule has 1 heterocycles. The van der Waals surface area contributed by atoms with Crippen molar-refractivity contribution in [2.75, 3.05) is 0 Å². The molecule has 3 aromatic rings. The molecule has 1 heteroatoms. The molecular formula is C20H19N. The molecule has 0 radical (unpaired) electrons. The number of rotatable bonds is 0. The highest BCUT2D eigenvalue weighted by atomic mass is 14.9. The average molecular weight is 273 g/mol. The minimum atomic E-state index is 1.11. The van der Waals surface area contributed by atoms with Crippen LogP contribution in [0.2, 0.25) is 0 Å². The summed E-state index contributed by atoms with van der Waals surface area (Å²) in [5.41, 5.74) is 8.47. The van der Waals surface area contributed by atoms with Crippen LogP contribution in [0.5, 0.6) is 0 Å². The Morgan fingerprint density at radius 1 is 0.952 bits per heavy atom. The number of nitrogens with zero attached hydrogens (tertiary/aromatic N) is 1. The molecule has 0 unspecified atom stereocenters. The summed E-state index contributed by atoms with van der Waals surface area (Å²) in [5, 5.41) is 1.37. The van der Waals surface area contributed by atoms with Gasteiger partial charge in [0.25, 0.3) is 0 Å². The van der Waals surface area contributed by atoms with Gasteiger partial charge in [-0.2, -0.15) is 0 Å². The van der Waals surface area contributed by atoms with E-state index >= 15 is 0 Å². The van der Waals surface area contributed by atoms with Gasteiger partial charge in [-0.1, -0.05) is 48.5 Å². The van der Waals surface area contributed by atoms with E-state index in [1.807, 2.05) is 0 Å². The lowest BCUT2D eigenvalue weighted by Gasteiger charge is -2.09. The van der Waals surface area contributed by atoms with Crippen molar-refractivity contribution in [3.63, 3.8) is 0 Å². The Morgan fingerprint density at radius 2 is 1.71 bits per heavy atom. The maximum atomic E-state index is 2.38. The summed E-state index contributed by atoms with van der Waals surface area (Å²) in [6, 6.07) is 17.6. The summed E-state index contributed by atoms with van der Waals surface area (Å²) in [4.78, 5) is 0. The van der Waals surface area contributed by atoms with E-state index in [1.54, 1.807) is 0 Å². The number of fused-ring (bicyclic) bond motifs is 4. The van der Waals surface area contributed by atoms with Gasteiger partial charge in [0.1, 0.15) is 0 Å². The van der Waals surface area contributed by atoms with Gasteiger partial charge in [-0.3, -0.25) is 0 Å². The fourth-order valence-corrected chi connectivity index (χ4v) is 3.73. The smallest absolute Gasteiger partial charge is 0.0486 e. The van der Waals surface area contributed by atoms with Crippen molar-refractivity contribution < 1.29 is 0 Å². The second-order valence-corrected chi connectivity index (χ2v) is 5.76. The minimum Gasteiger partial charge on any atom is -0.347 e. The first-order chi connectivity index (χ1) is 10.3. The van der Waals surface area contributed by atoms with Crippen LogP contribution in [0.4, 0.5) is 0 Å². The largest absolute Gasteiger partial charge is 0.347 e. The summed E-state index contributed by atoms with van der Waals surface area (Å²) in [7, 11) is 2.20. The van der Waals surface area contributed by atoms with Crippen LogP contribution in [0, 0.1) is 0 Å². The molecule has 4 rings (SSSR count). The average Bonchev–Trinajstić information content (AvgIpc) is 2.70. The molecule has 0 aliphatic heterocycles. The van der Waals surface area contributed by atoms with E-state index in [9.17, 15) is 0 Å². The number of allylic oxidation sites excluding steroid dienone is 1. The molecule has 21 heavy (non-hydrogen) atoms. The van der Waals surface area contributed by atoms with E-state index in [-0.39, 0.29) is 0 Å². The van der Waals surface area contributed by atoms with Crippen molar-refractivity contribution in [1.29, 1.82) is 0 Å². The van der Waals surface area contributed by atoms with Gasteiger partial charge >= 0.3 is 0 Å². The van der Waals surface area contributed by atoms with Gasteiger partial charge in [0, 0.05) is 29.2 Å². The fraction of sp³-hybridized carbons (Fsp3) is 0.200. The zero-order valence-corrected chi connectivity index (χ0v) is 12.6. The minimum absolute atomic E-state index is 1.11. The Morgan fingerprint density at radius 3 is 2.57 bits per heavy atom. The lowest BCUT2D eigenvalue weighted by atomic mass is 9.94. The Bertz CT molecular complexity index is 865. The van der Waals surface area contributed by atoms with Crippen molar-refractivity contribution in [2.45, 2.75) is 19.8 Å². The first-order valence-corrected chi connectivity index (χ1v) is 7.62.